The summed E-state index contributed by atoms with van der Waals surface area (Å²) >= 11 is 1.12. The Morgan fingerprint density at radius 2 is 0.598 bits per heavy atom. The van der Waals surface area contributed by atoms with Gasteiger partial charge in [0.15, 0.2) is 0 Å². The van der Waals surface area contributed by atoms with Crippen LogP contribution < -0.4 is 0 Å². The molecule has 0 unspecified atom stereocenters. The number of esters is 6. The summed E-state index contributed by atoms with van der Waals surface area (Å²) in [5.74, 6) is 3.10. The van der Waals surface area contributed by atoms with Gasteiger partial charge in [-0.2, -0.15) is 0 Å². The molecule has 0 aliphatic heterocycles. The summed E-state index contributed by atoms with van der Waals surface area (Å²) in [4.78, 5) is 97.0. The summed E-state index contributed by atoms with van der Waals surface area (Å²) < 4.78 is 34.9. The molecule has 82 heavy (non-hydrogen) atoms. The van der Waals surface area contributed by atoms with Crippen LogP contribution in [-0.4, -0.2) is 130 Å². The molecule has 4 aliphatic carbocycles. The van der Waals surface area contributed by atoms with Crippen molar-refractivity contribution in [2.45, 2.75) is 241 Å². The molecule has 4 saturated carbocycles. The van der Waals surface area contributed by atoms with E-state index in [-0.39, 0.29) is 94.7 Å². The highest BCUT2D eigenvalue weighted by Crippen LogP contribution is 2.37. The molecular formula is C66H114N2O13S. The predicted molar refractivity (Wildman–Crippen MR) is 324 cm³/mol. The molecule has 0 aromatic rings. The van der Waals surface area contributed by atoms with Crippen LogP contribution >= 0.6 is 11.8 Å². The van der Waals surface area contributed by atoms with E-state index in [9.17, 15) is 33.6 Å². The third-order valence-corrected chi connectivity index (χ3v) is 20.1. The number of ether oxygens (including phenoxy) is 6. The van der Waals surface area contributed by atoms with Gasteiger partial charge in [-0.25, -0.2) is 0 Å². The molecule has 0 spiro atoms. The number of hydrogen-bond donors (Lipinski definition) is 0. The lowest BCUT2D eigenvalue weighted by molar-refractivity contribution is -0.163. The van der Waals surface area contributed by atoms with Gasteiger partial charge in [-0.05, 0) is 114 Å². The van der Waals surface area contributed by atoms with E-state index in [1.54, 1.807) is 13.8 Å². The van der Waals surface area contributed by atoms with Crippen molar-refractivity contribution in [3.8, 4) is 0 Å². The van der Waals surface area contributed by atoms with Crippen LogP contribution in [0.4, 0.5) is 4.79 Å². The molecule has 0 radical (unpaired) electrons. The second-order valence-electron chi connectivity index (χ2n) is 26.7. The predicted octanol–water partition coefficient (Wildman–Crippen LogP) is 14.1. The van der Waals surface area contributed by atoms with Crippen LogP contribution in [0.25, 0.3) is 0 Å². The van der Waals surface area contributed by atoms with Crippen molar-refractivity contribution < 1.29 is 62.0 Å². The SMILES string of the molecule is CCC1CCC(CCC(=O)OCC(C)(COC(=O)CCC2CCC(CC)CC2)COC(=O)CCN(CCC(=O)OCC(C)(COC(=O)CCC2CCC(CC)CC2)COC(=O)CCC2CCC(CC)CC2)C(=O)SCCCN(C)C)CC1. The molecule has 0 saturated heterocycles. The van der Waals surface area contributed by atoms with Gasteiger partial charge in [0, 0.05) is 44.5 Å². The Bertz CT molecular complexity index is 1660. The molecule has 0 aromatic carbocycles. The molecule has 0 aromatic heterocycles. The van der Waals surface area contributed by atoms with Crippen molar-refractivity contribution in [1.29, 1.82) is 0 Å². The number of carbonyl (C=O) groups excluding carboxylic acids is 7. The molecule has 472 valence electrons. The number of carbonyl (C=O) groups is 7. The molecule has 0 bridgehead atoms. The summed E-state index contributed by atoms with van der Waals surface area (Å²) in [5.41, 5.74) is -2.04. The smallest absolute Gasteiger partial charge is 0.307 e. The Hall–Kier alpha value is -3.40. The van der Waals surface area contributed by atoms with Crippen molar-refractivity contribution in [2.24, 2.45) is 58.2 Å². The number of nitrogens with zero attached hydrogens (tertiary/aromatic N) is 2. The Balaban J connectivity index is 1.34. The molecule has 0 heterocycles. The van der Waals surface area contributed by atoms with Gasteiger partial charge in [0.2, 0.25) is 0 Å². The van der Waals surface area contributed by atoms with Crippen LogP contribution in [0.15, 0.2) is 0 Å². The topological polar surface area (TPSA) is 181 Å². The largest absolute Gasteiger partial charge is 0.465 e. The summed E-state index contributed by atoms with van der Waals surface area (Å²) in [6.07, 6.45) is 28.0. The zero-order valence-corrected chi connectivity index (χ0v) is 53.5. The minimum absolute atomic E-state index is 0.0314. The van der Waals surface area contributed by atoms with Gasteiger partial charge in [0.05, 0.1) is 23.7 Å². The van der Waals surface area contributed by atoms with Gasteiger partial charge in [0.25, 0.3) is 5.24 Å². The van der Waals surface area contributed by atoms with Crippen LogP contribution in [0.5, 0.6) is 0 Å². The van der Waals surface area contributed by atoms with Gasteiger partial charge >= 0.3 is 35.8 Å². The minimum Gasteiger partial charge on any atom is -0.465 e. The fourth-order valence-corrected chi connectivity index (χ4v) is 13.4. The van der Waals surface area contributed by atoms with Crippen molar-refractivity contribution in [3.05, 3.63) is 0 Å². The quantitative estimate of drug-likeness (QED) is 0.0323. The van der Waals surface area contributed by atoms with E-state index in [1.165, 1.54) is 81.9 Å². The molecule has 0 N–H and O–H groups in total. The zero-order valence-electron chi connectivity index (χ0n) is 52.7. The van der Waals surface area contributed by atoms with Gasteiger partial charge in [0.1, 0.15) is 39.6 Å². The first-order chi connectivity index (χ1) is 39.3. The molecule has 4 aliphatic rings. The molecule has 4 rings (SSSR count). The summed E-state index contributed by atoms with van der Waals surface area (Å²) in [7, 11) is 3.93. The highest BCUT2D eigenvalue weighted by atomic mass is 32.2. The maximum absolute atomic E-state index is 13.8. The van der Waals surface area contributed by atoms with E-state index in [2.05, 4.69) is 27.7 Å². The second kappa shape index (κ2) is 39.3. The molecule has 0 atom stereocenters. The van der Waals surface area contributed by atoms with Crippen LogP contribution in [0.3, 0.4) is 0 Å². The van der Waals surface area contributed by atoms with Gasteiger partial charge < -0.3 is 38.2 Å². The Morgan fingerprint density at radius 1 is 0.366 bits per heavy atom. The van der Waals surface area contributed by atoms with Crippen molar-refractivity contribution in [1.82, 2.24) is 9.80 Å². The second-order valence-corrected chi connectivity index (χ2v) is 27.7. The first-order valence-corrected chi connectivity index (χ1v) is 33.8. The number of thioether (sulfide) groups is 1. The Kier molecular flexibility index (Phi) is 34.1. The van der Waals surface area contributed by atoms with Gasteiger partial charge in [-0.15, -0.1) is 0 Å². The van der Waals surface area contributed by atoms with E-state index in [0.717, 1.165) is 125 Å². The van der Waals surface area contributed by atoms with Gasteiger partial charge in [-0.3, -0.25) is 33.6 Å². The number of amides is 1. The highest BCUT2D eigenvalue weighted by Gasteiger charge is 2.34. The lowest BCUT2D eigenvalue weighted by Gasteiger charge is -2.30. The fourth-order valence-electron chi connectivity index (χ4n) is 12.6. The average Bonchev–Trinajstić information content (AvgIpc) is 3.54. The van der Waals surface area contributed by atoms with Crippen LogP contribution in [0, 0.1) is 58.2 Å². The average molecular weight is 1180 g/mol. The highest BCUT2D eigenvalue weighted by molar-refractivity contribution is 8.13. The first-order valence-electron chi connectivity index (χ1n) is 32.8. The van der Waals surface area contributed by atoms with Crippen LogP contribution in [-0.2, 0) is 57.2 Å². The molecule has 4 fully saturated rings. The van der Waals surface area contributed by atoms with E-state index < -0.39 is 22.8 Å². The fraction of sp³-hybridized carbons (Fsp3) is 0.894. The molecular weight excluding hydrogens is 1060 g/mol. The molecule has 15 nitrogen and oxygen atoms in total. The Morgan fingerprint density at radius 3 is 0.829 bits per heavy atom. The lowest BCUT2D eigenvalue weighted by Crippen LogP contribution is -2.38. The number of rotatable bonds is 38. The normalized spacial score (nSPS) is 24.5. The summed E-state index contributed by atoms with van der Waals surface area (Å²) in [5, 5.41) is -0.291. The third-order valence-electron chi connectivity index (χ3n) is 19.1. The van der Waals surface area contributed by atoms with Crippen molar-refractivity contribution >= 4 is 52.8 Å². The lowest BCUT2D eigenvalue weighted by atomic mass is 9.79. The van der Waals surface area contributed by atoms with E-state index in [1.807, 2.05) is 19.0 Å². The molecule has 1 amide bonds. The van der Waals surface area contributed by atoms with E-state index >= 15 is 0 Å². The van der Waals surface area contributed by atoms with Crippen molar-refractivity contribution in [3.63, 3.8) is 0 Å². The standard InChI is InChI=1S/C66H114N2O13S/c1-9-50-14-22-54(23-15-50)30-34-58(69)76-44-65(5,45-77-59(70)35-31-55-24-16-51(10-2)17-25-55)48-80-62(73)38-41-68(64(75)82-43-13-40-67(7)8)42-39-63(74)81-49-66(6,46-78-60(71)36-32-56-26-18-52(11-3)19-27-56)47-79-61(72)37-33-57-28-20-53(12-4)21-29-57/h50-57H,9-49H2,1-8H3. The summed E-state index contributed by atoms with van der Waals surface area (Å²) in [6, 6.07) is 0. The summed E-state index contributed by atoms with van der Waals surface area (Å²) in [6.45, 7) is 12.5. The first kappa shape index (κ1) is 71.1. The maximum Gasteiger partial charge on any atom is 0.307 e. The third kappa shape index (κ3) is 29.6. The van der Waals surface area contributed by atoms with Crippen LogP contribution in [0.1, 0.15) is 241 Å². The monoisotopic (exact) mass is 1170 g/mol. The van der Waals surface area contributed by atoms with E-state index in [0.29, 0.717) is 55.1 Å². The number of hydrogen-bond acceptors (Lipinski definition) is 15. The van der Waals surface area contributed by atoms with Gasteiger partial charge in [-0.1, -0.05) is 168 Å². The minimum atomic E-state index is -1.02. The molecule has 16 heteroatoms. The zero-order chi connectivity index (χ0) is 59.8. The van der Waals surface area contributed by atoms with E-state index in [4.69, 9.17) is 28.4 Å². The van der Waals surface area contributed by atoms with Crippen LogP contribution in [0.2, 0.25) is 0 Å². The van der Waals surface area contributed by atoms with Crippen molar-refractivity contribution in [2.75, 3.05) is 79.1 Å². The Labute approximate surface area is 500 Å². The maximum atomic E-state index is 13.8.